The van der Waals surface area contributed by atoms with Crippen LogP contribution < -0.4 is 10.6 Å². The minimum absolute atomic E-state index is 0.199. The first-order chi connectivity index (χ1) is 9.60. The van der Waals surface area contributed by atoms with E-state index < -0.39 is 6.10 Å². The number of nitriles is 1. The van der Waals surface area contributed by atoms with Crippen molar-refractivity contribution in [3.8, 4) is 6.07 Å². The minimum atomic E-state index is -0.531. The lowest BCUT2D eigenvalue weighted by molar-refractivity contribution is 0.104. The van der Waals surface area contributed by atoms with Gasteiger partial charge in [0, 0.05) is 12.2 Å². The highest BCUT2D eigenvalue weighted by Gasteiger charge is 2.16. The Labute approximate surface area is 119 Å². The fourth-order valence-corrected chi connectivity index (χ4v) is 2.00. The third kappa shape index (κ3) is 4.90. The number of urea groups is 1. The average Bonchev–Trinajstić information content (AvgIpc) is 2.47. The Morgan fingerprint density at radius 2 is 1.90 bits per heavy atom. The average molecular weight is 275 g/mol. The summed E-state index contributed by atoms with van der Waals surface area (Å²) in [7, 11) is 0. The van der Waals surface area contributed by atoms with Crippen molar-refractivity contribution in [1.29, 1.82) is 5.26 Å². The fourth-order valence-electron chi connectivity index (χ4n) is 2.00. The van der Waals surface area contributed by atoms with Crippen LogP contribution in [0.15, 0.2) is 24.3 Å². The maximum Gasteiger partial charge on any atom is 0.319 e. The second-order valence-electron chi connectivity index (χ2n) is 4.67. The highest BCUT2D eigenvalue weighted by molar-refractivity contribution is 5.89. The van der Waals surface area contributed by atoms with E-state index in [0.717, 1.165) is 12.8 Å². The summed E-state index contributed by atoms with van der Waals surface area (Å²) in [5.41, 5.74) is 1.15. The third-order valence-electron chi connectivity index (χ3n) is 3.34. The van der Waals surface area contributed by atoms with Gasteiger partial charge in [0.2, 0.25) is 0 Å². The van der Waals surface area contributed by atoms with E-state index in [9.17, 15) is 9.90 Å². The first-order valence-electron chi connectivity index (χ1n) is 6.83. The summed E-state index contributed by atoms with van der Waals surface area (Å²) in [6.45, 7) is 4.27. The number of hydrogen-bond donors (Lipinski definition) is 3. The predicted molar refractivity (Wildman–Crippen MR) is 78.3 cm³/mol. The molecule has 1 rings (SSSR count). The van der Waals surface area contributed by atoms with E-state index in [4.69, 9.17) is 5.26 Å². The lowest BCUT2D eigenvalue weighted by Crippen LogP contribution is -2.38. The maximum absolute atomic E-state index is 11.7. The van der Waals surface area contributed by atoms with Crippen LogP contribution in [-0.4, -0.2) is 23.8 Å². The summed E-state index contributed by atoms with van der Waals surface area (Å²) in [5.74, 6) is 0.199. The van der Waals surface area contributed by atoms with Gasteiger partial charge in [-0.2, -0.15) is 5.26 Å². The molecule has 0 radical (unpaired) electrons. The zero-order chi connectivity index (χ0) is 15.0. The van der Waals surface area contributed by atoms with Gasteiger partial charge in [-0.3, -0.25) is 0 Å². The van der Waals surface area contributed by atoms with Gasteiger partial charge in [-0.15, -0.1) is 0 Å². The van der Waals surface area contributed by atoms with Crippen LogP contribution in [0, 0.1) is 17.2 Å². The lowest BCUT2D eigenvalue weighted by atomic mass is 9.97. The van der Waals surface area contributed by atoms with E-state index in [0.29, 0.717) is 11.3 Å². The summed E-state index contributed by atoms with van der Waals surface area (Å²) < 4.78 is 0. The summed E-state index contributed by atoms with van der Waals surface area (Å²) in [4.78, 5) is 11.7. The Morgan fingerprint density at radius 3 is 2.40 bits per heavy atom. The van der Waals surface area contributed by atoms with Crippen molar-refractivity contribution in [2.24, 2.45) is 5.92 Å². The molecule has 20 heavy (non-hydrogen) atoms. The molecule has 2 amide bonds. The molecule has 5 nitrogen and oxygen atoms in total. The van der Waals surface area contributed by atoms with Crippen molar-refractivity contribution < 1.29 is 9.90 Å². The Morgan fingerprint density at radius 1 is 1.30 bits per heavy atom. The number of nitrogens with one attached hydrogen (secondary N) is 2. The molecule has 1 unspecified atom stereocenters. The van der Waals surface area contributed by atoms with Crippen LogP contribution >= 0.6 is 0 Å². The monoisotopic (exact) mass is 275 g/mol. The van der Waals surface area contributed by atoms with E-state index in [2.05, 4.69) is 10.6 Å². The zero-order valence-electron chi connectivity index (χ0n) is 11.9. The van der Waals surface area contributed by atoms with Gasteiger partial charge in [0.25, 0.3) is 0 Å². The summed E-state index contributed by atoms with van der Waals surface area (Å²) in [5, 5.41) is 23.9. The Bertz CT molecular complexity index is 461. The smallest absolute Gasteiger partial charge is 0.319 e. The van der Waals surface area contributed by atoms with E-state index in [1.807, 2.05) is 19.9 Å². The van der Waals surface area contributed by atoms with Crippen LogP contribution in [0.25, 0.3) is 0 Å². The number of aliphatic hydroxyl groups is 1. The van der Waals surface area contributed by atoms with E-state index in [1.165, 1.54) is 0 Å². The molecule has 1 atom stereocenters. The largest absolute Gasteiger partial charge is 0.391 e. The molecule has 0 saturated carbocycles. The molecule has 0 aliphatic carbocycles. The fraction of sp³-hybridized carbons (Fsp3) is 0.467. The number of aliphatic hydroxyl groups excluding tert-OH is 1. The van der Waals surface area contributed by atoms with Crippen LogP contribution in [0.3, 0.4) is 0 Å². The molecule has 3 N–H and O–H groups in total. The molecule has 108 valence electrons. The number of hydrogen-bond acceptors (Lipinski definition) is 3. The third-order valence-corrected chi connectivity index (χ3v) is 3.34. The predicted octanol–water partition coefficient (Wildman–Crippen LogP) is 2.48. The number of carbonyl (C=O) groups is 1. The van der Waals surface area contributed by atoms with Crippen LogP contribution in [0.1, 0.15) is 32.3 Å². The van der Waals surface area contributed by atoms with Gasteiger partial charge in [0.1, 0.15) is 0 Å². The van der Waals surface area contributed by atoms with E-state index in [1.54, 1.807) is 24.3 Å². The molecule has 0 heterocycles. The minimum Gasteiger partial charge on any atom is -0.391 e. The number of amides is 2. The topological polar surface area (TPSA) is 85.2 Å². The maximum atomic E-state index is 11.7. The van der Waals surface area contributed by atoms with E-state index in [-0.39, 0.29) is 18.5 Å². The Balaban J connectivity index is 2.41. The van der Waals surface area contributed by atoms with Gasteiger partial charge < -0.3 is 15.7 Å². The Hall–Kier alpha value is -2.06. The lowest BCUT2D eigenvalue weighted by Gasteiger charge is -2.20. The van der Waals surface area contributed by atoms with Crippen LogP contribution in [0.5, 0.6) is 0 Å². The molecule has 1 aromatic rings. The summed E-state index contributed by atoms with van der Waals surface area (Å²) >= 11 is 0. The van der Waals surface area contributed by atoms with Crippen LogP contribution in [0.4, 0.5) is 10.5 Å². The van der Waals surface area contributed by atoms with Gasteiger partial charge in [0.05, 0.1) is 17.7 Å². The molecule has 5 heteroatoms. The molecular formula is C15H21N3O2. The molecule has 0 fully saturated rings. The zero-order valence-corrected chi connectivity index (χ0v) is 11.9. The van der Waals surface area contributed by atoms with Gasteiger partial charge in [-0.1, -0.05) is 26.7 Å². The second-order valence-corrected chi connectivity index (χ2v) is 4.67. The number of anilines is 1. The van der Waals surface area contributed by atoms with Crippen molar-refractivity contribution in [1.82, 2.24) is 5.32 Å². The number of benzene rings is 1. The number of carbonyl (C=O) groups excluding carboxylic acids is 1. The molecule has 0 aliphatic heterocycles. The second kappa shape index (κ2) is 8.18. The standard InChI is InChI=1S/C15H21N3O2/c1-3-12(4-2)14(19)10-17-15(20)18-13-7-5-11(9-16)6-8-13/h5-8,12,14,19H,3-4,10H2,1-2H3,(H2,17,18,20). The van der Waals surface area contributed by atoms with Crippen LogP contribution in [-0.2, 0) is 0 Å². The summed E-state index contributed by atoms with van der Waals surface area (Å²) in [6.07, 6.45) is 1.24. The highest BCUT2D eigenvalue weighted by Crippen LogP contribution is 2.12. The van der Waals surface area contributed by atoms with Crippen molar-refractivity contribution in [2.75, 3.05) is 11.9 Å². The molecule has 0 aliphatic rings. The van der Waals surface area contributed by atoms with Gasteiger partial charge in [-0.25, -0.2) is 4.79 Å². The van der Waals surface area contributed by atoms with Gasteiger partial charge in [-0.05, 0) is 30.2 Å². The molecular weight excluding hydrogens is 254 g/mol. The first-order valence-corrected chi connectivity index (χ1v) is 6.83. The van der Waals surface area contributed by atoms with Crippen molar-refractivity contribution in [2.45, 2.75) is 32.8 Å². The number of rotatable bonds is 6. The Kier molecular flexibility index (Phi) is 6.54. The molecule has 1 aromatic carbocycles. The molecule has 0 saturated heterocycles. The molecule has 0 spiro atoms. The van der Waals surface area contributed by atoms with Gasteiger partial charge >= 0.3 is 6.03 Å². The van der Waals surface area contributed by atoms with E-state index >= 15 is 0 Å². The van der Waals surface area contributed by atoms with Gasteiger partial charge in [0.15, 0.2) is 0 Å². The van der Waals surface area contributed by atoms with Crippen molar-refractivity contribution >= 4 is 11.7 Å². The van der Waals surface area contributed by atoms with Crippen molar-refractivity contribution in [3.05, 3.63) is 29.8 Å². The first kappa shape index (κ1) is 16.0. The molecule has 0 bridgehead atoms. The normalized spacial score (nSPS) is 11.8. The summed E-state index contributed by atoms with van der Waals surface area (Å²) in [6, 6.07) is 8.24. The van der Waals surface area contributed by atoms with Crippen molar-refractivity contribution in [3.63, 3.8) is 0 Å². The highest BCUT2D eigenvalue weighted by atomic mass is 16.3. The SMILES string of the molecule is CCC(CC)C(O)CNC(=O)Nc1ccc(C#N)cc1. The molecule has 0 aromatic heterocycles. The number of nitrogens with zero attached hydrogens (tertiary/aromatic N) is 1. The quantitative estimate of drug-likeness (QED) is 0.745. The van der Waals surface area contributed by atoms with Crippen LogP contribution in [0.2, 0.25) is 0 Å².